The van der Waals surface area contributed by atoms with Gasteiger partial charge in [0.05, 0.1) is 12.7 Å². The lowest BCUT2D eigenvalue weighted by Crippen LogP contribution is -2.47. The summed E-state index contributed by atoms with van der Waals surface area (Å²) in [6.07, 6.45) is 2.93. The zero-order valence-corrected chi connectivity index (χ0v) is 16.3. The fourth-order valence-electron chi connectivity index (χ4n) is 3.33. The molecule has 28 heavy (non-hydrogen) atoms. The van der Waals surface area contributed by atoms with Gasteiger partial charge in [0.25, 0.3) is 5.56 Å². The van der Waals surface area contributed by atoms with Gasteiger partial charge in [-0.25, -0.2) is 9.78 Å². The number of fused-ring (bicyclic) bond motifs is 1. The van der Waals surface area contributed by atoms with E-state index in [1.165, 1.54) is 17.6 Å². The van der Waals surface area contributed by atoms with E-state index in [-0.39, 0.29) is 16.7 Å². The van der Waals surface area contributed by atoms with Crippen molar-refractivity contribution in [2.45, 2.75) is 13.8 Å². The van der Waals surface area contributed by atoms with Crippen LogP contribution >= 0.6 is 0 Å². The van der Waals surface area contributed by atoms with Crippen LogP contribution in [0.2, 0.25) is 0 Å². The van der Waals surface area contributed by atoms with E-state index in [1.54, 1.807) is 12.3 Å². The minimum absolute atomic E-state index is 0.218. The molecule has 1 aliphatic rings. The highest BCUT2D eigenvalue weighted by Gasteiger charge is 2.23. The van der Waals surface area contributed by atoms with Crippen LogP contribution in [0.1, 0.15) is 18.1 Å². The Labute approximate surface area is 163 Å². The summed E-state index contributed by atoms with van der Waals surface area (Å²) >= 11 is 0. The Morgan fingerprint density at radius 3 is 2.68 bits per heavy atom. The van der Waals surface area contributed by atoms with E-state index in [1.807, 2.05) is 24.0 Å². The molecule has 0 unspecified atom stereocenters. The average molecular weight is 381 g/mol. The van der Waals surface area contributed by atoms with Gasteiger partial charge >= 0.3 is 5.97 Å². The number of nitriles is 1. The van der Waals surface area contributed by atoms with Gasteiger partial charge in [-0.15, -0.1) is 0 Å². The number of pyridine rings is 1. The van der Waals surface area contributed by atoms with Crippen molar-refractivity contribution >= 4 is 23.5 Å². The number of carbonyl (C=O) groups is 1. The van der Waals surface area contributed by atoms with Crippen LogP contribution in [-0.2, 0) is 9.53 Å². The number of hydrogen-bond acceptors (Lipinski definition) is 7. The number of nitrogens with zero attached hydrogens (tertiary/aromatic N) is 5. The quantitative estimate of drug-likeness (QED) is 0.447. The summed E-state index contributed by atoms with van der Waals surface area (Å²) in [4.78, 5) is 34.2. The van der Waals surface area contributed by atoms with E-state index in [2.05, 4.69) is 16.6 Å². The van der Waals surface area contributed by atoms with Gasteiger partial charge in [-0.2, -0.15) is 5.26 Å². The molecule has 1 aliphatic heterocycles. The highest BCUT2D eigenvalue weighted by molar-refractivity contribution is 5.98. The second-order valence-electron chi connectivity index (χ2n) is 6.62. The third-order valence-electron chi connectivity index (χ3n) is 5.00. The van der Waals surface area contributed by atoms with E-state index in [0.717, 1.165) is 25.2 Å². The third kappa shape index (κ3) is 3.62. The van der Waals surface area contributed by atoms with Gasteiger partial charge in [-0.05, 0) is 31.2 Å². The van der Waals surface area contributed by atoms with Crippen molar-refractivity contribution in [2.75, 3.05) is 44.7 Å². The van der Waals surface area contributed by atoms with Crippen LogP contribution in [0.25, 0.3) is 11.7 Å². The van der Waals surface area contributed by atoms with E-state index >= 15 is 0 Å². The first kappa shape index (κ1) is 19.6. The number of ether oxygens (including phenoxy) is 1. The number of anilines is 1. The van der Waals surface area contributed by atoms with Crippen LogP contribution < -0.4 is 10.5 Å². The number of esters is 1. The average Bonchev–Trinajstić information content (AvgIpc) is 2.73. The van der Waals surface area contributed by atoms with Crippen LogP contribution in [-0.4, -0.2) is 60.1 Å². The number of hydrogen-bond donors (Lipinski definition) is 0. The van der Waals surface area contributed by atoms with Crippen LogP contribution in [0.15, 0.2) is 28.7 Å². The Bertz CT molecular complexity index is 1030. The molecule has 0 radical (unpaired) electrons. The van der Waals surface area contributed by atoms with Crippen LogP contribution in [0.5, 0.6) is 0 Å². The number of carbonyl (C=O) groups excluding carboxylic acids is 1. The van der Waals surface area contributed by atoms with Gasteiger partial charge in [0, 0.05) is 32.4 Å². The maximum atomic E-state index is 13.2. The normalized spacial score (nSPS) is 15.5. The Morgan fingerprint density at radius 2 is 2.07 bits per heavy atom. The predicted molar refractivity (Wildman–Crippen MR) is 106 cm³/mol. The number of likely N-dealkylation sites (N-methyl/N-ethyl adjacent to an activating group) is 1. The lowest BCUT2D eigenvalue weighted by atomic mass is 10.1. The molecule has 0 N–H and O–H groups in total. The summed E-state index contributed by atoms with van der Waals surface area (Å²) in [5.74, 6) is -0.287. The Balaban J connectivity index is 2.21. The molecule has 0 spiro atoms. The van der Waals surface area contributed by atoms with Gasteiger partial charge in [0.2, 0.25) is 0 Å². The van der Waals surface area contributed by atoms with Crippen molar-refractivity contribution in [1.82, 2.24) is 14.3 Å². The first-order valence-corrected chi connectivity index (χ1v) is 9.19. The van der Waals surface area contributed by atoms with Crippen molar-refractivity contribution < 1.29 is 9.53 Å². The van der Waals surface area contributed by atoms with Gasteiger partial charge in [0.15, 0.2) is 0 Å². The van der Waals surface area contributed by atoms with Gasteiger partial charge < -0.3 is 14.5 Å². The molecular weight excluding hydrogens is 358 g/mol. The molecule has 8 heteroatoms. The molecule has 0 amide bonds. The number of aromatic nitrogens is 2. The third-order valence-corrected chi connectivity index (χ3v) is 5.00. The summed E-state index contributed by atoms with van der Waals surface area (Å²) in [5, 5.41) is 9.34. The standard InChI is InChI=1S/C20H23N5O3/c1-4-23-8-10-24(11-9-23)18-16(12-15(13-21)20(27)28-3)19(26)25-7-5-6-14(2)17(25)22-18/h5-7,12H,4,8-11H2,1-3H3. The van der Waals surface area contributed by atoms with E-state index in [4.69, 9.17) is 4.98 Å². The molecule has 1 fully saturated rings. The van der Waals surface area contributed by atoms with E-state index < -0.39 is 5.97 Å². The van der Waals surface area contributed by atoms with E-state index in [9.17, 15) is 14.9 Å². The monoisotopic (exact) mass is 381 g/mol. The SMILES string of the molecule is CCN1CCN(c2nc3c(C)cccn3c(=O)c2C=C(C#N)C(=O)OC)CC1. The first-order valence-electron chi connectivity index (χ1n) is 9.19. The zero-order chi connectivity index (χ0) is 20.3. The maximum Gasteiger partial charge on any atom is 0.348 e. The summed E-state index contributed by atoms with van der Waals surface area (Å²) in [6.45, 7) is 8.11. The second-order valence-corrected chi connectivity index (χ2v) is 6.62. The van der Waals surface area contributed by atoms with Gasteiger partial charge in [0.1, 0.15) is 23.1 Å². The van der Waals surface area contributed by atoms with Crippen LogP contribution in [0.4, 0.5) is 5.82 Å². The molecule has 2 aromatic heterocycles. The number of rotatable bonds is 4. The lowest BCUT2D eigenvalue weighted by Gasteiger charge is -2.35. The van der Waals surface area contributed by atoms with Crippen molar-refractivity contribution in [3.63, 3.8) is 0 Å². The molecule has 0 atom stereocenters. The Hall–Kier alpha value is -3.18. The second kappa shape index (κ2) is 8.23. The molecule has 0 aromatic carbocycles. The van der Waals surface area contributed by atoms with Crippen molar-refractivity contribution in [2.24, 2.45) is 0 Å². The highest BCUT2D eigenvalue weighted by atomic mass is 16.5. The van der Waals surface area contributed by atoms with E-state index in [0.29, 0.717) is 24.6 Å². The van der Waals surface area contributed by atoms with Crippen molar-refractivity contribution in [3.8, 4) is 6.07 Å². The van der Waals surface area contributed by atoms with Crippen LogP contribution in [0, 0.1) is 18.3 Å². The first-order chi connectivity index (χ1) is 13.5. The molecule has 3 rings (SSSR count). The topological polar surface area (TPSA) is 90.9 Å². The predicted octanol–water partition coefficient (Wildman–Crippen LogP) is 1.22. The maximum absolute atomic E-state index is 13.2. The van der Waals surface area contributed by atoms with Crippen molar-refractivity contribution in [1.29, 1.82) is 5.26 Å². The minimum Gasteiger partial charge on any atom is -0.465 e. The molecule has 0 saturated carbocycles. The molecule has 8 nitrogen and oxygen atoms in total. The molecule has 0 bridgehead atoms. The number of aryl methyl sites for hydroxylation is 1. The molecule has 3 heterocycles. The lowest BCUT2D eigenvalue weighted by molar-refractivity contribution is -0.135. The Morgan fingerprint density at radius 1 is 1.36 bits per heavy atom. The smallest absolute Gasteiger partial charge is 0.348 e. The fraction of sp³-hybridized carbons (Fsp3) is 0.400. The van der Waals surface area contributed by atoms with Gasteiger partial charge in [-0.3, -0.25) is 9.20 Å². The molecular formula is C20H23N5O3. The Kier molecular flexibility index (Phi) is 5.76. The number of methoxy groups -OCH3 is 1. The highest BCUT2D eigenvalue weighted by Crippen LogP contribution is 2.22. The van der Waals surface area contributed by atoms with Crippen LogP contribution in [0.3, 0.4) is 0 Å². The van der Waals surface area contributed by atoms with Crippen molar-refractivity contribution in [3.05, 3.63) is 45.4 Å². The minimum atomic E-state index is -0.780. The summed E-state index contributed by atoms with van der Waals surface area (Å²) < 4.78 is 6.10. The summed E-state index contributed by atoms with van der Waals surface area (Å²) in [7, 11) is 1.20. The molecule has 1 saturated heterocycles. The largest absolute Gasteiger partial charge is 0.465 e. The fourth-order valence-corrected chi connectivity index (χ4v) is 3.33. The zero-order valence-electron chi connectivity index (χ0n) is 16.3. The summed E-state index contributed by atoms with van der Waals surface area (Å²) in [5.41, 5.74) is 1.10. The summed E-state index contributed by atoms with van der Waals surface area (Å²) in [6, 6.07) is 5.48. The molecule has 2 aromatic rings. The molecule has 146 valence electrons. The van der Waals surface area contributed by atoms with Gasteiger partial charge in [-0.1, -0.05) is 13.0 Å². The molecule has 0 aliphatic carbocycles. The number of piperazine rings is 1.